The van der Waals surface area contributed by atoms with Gasteiger partial charge in [-0.15, -0.1) is 0 Å². The van der Waals surface area contributed by atoms with E-state index in [2.05, 4.69) is 20.6 Å². The first-order valence-corrected chi connectivity index (χ1v) is 7.67. The number of carbonyl (C=O) groups excluding carboxylic acids is 1. The SMILES string of the molecule is O=C(CNc1ncnc2ccc(F)cc12)NCCc1ccccc1. The summed E-state index contributed by atoms with van der Waals surface area (Å²) in [6.45, 7) is 0.626. The summed E-state index contributed by atoms with van der Waals surface area (Å²) in [5.74, 6) is -0.0699. The molecule has 0 aliphatic heterocycles. The van der Waals surface area contributed by atoms with Gasteiger partial charge < -0.3 is 10.6 Å². The lowest BCUT2D eigenvalue weighted by Crippen LogP contribution is -2.31. The van der Waals surface area contributed by atoms with Gasteiger partial charge in [-0.3, -0.25) is 4.79 Å². The van der Waals surface area contributed by atoms with Crippen LogP contribution in [0.5, 0.6) is 0 Å². The lowest BCUT2D eigenvalue weighted by atomic mass is 10.1. The van der Waals surface area contributed by atoms with Crippen LogP contribution in [0.25, 0.3) is 10.9 Å². The number of hydrogen-bond acceptors (Lipinski definition) is 4. The molecule has 1 heterocycles. The van der Waals surface area contributed by atoms with Gasteiger partial charge in [0.2, 0.25) is 5.91 Å². The van der Waals surface area contributed by atoms with Crippen molar-refractivity contribution in [2.75, 3.05) is 18.4 Å². The molecule has 0 unspecified atom stereocenters. The smallest absolute Gasteiger partial charge is 0.239 e. The fraction of sp³-hybridized carbons (Fsp3) is 0.167. The molecule has 0 fully saturated rings. The number of benzene rings is 2. The Hall–Kier alpha value is -3.02. The average molecular weight is 324 g/mol. The third-order valence-corrected chi connectivity index (χ3v) is 3.59. The van der Waals surface area contributed by atoms with Crippen molar-refractivity contribution in [3.63, 3.8) is 0 Å². The highest BCUT2D eigenvalue weighted by Crippen LogP contribution is 2.19. The number of fused-ring (bicyclic) bond motifs is 1. The first-order chi connectivity index (χ1) is 11.7. The molecule has 0 atom stereocenters. The van der Waals surface area contributed by atoms with E-state index >= 15 is 0 Å². The Bertz CT molecular complexity index is 839. The second-order valence-corrected chi connectivity index (χ2v) is 5.32. The van der Waals surface area contributed by atoms with Crippen molar-refractivity contribution < 1.29 is 9.18 Å². The molecule has 0 aliphatic carbocycles. The number of carbonyl (C=O) groups is 1. The van der Waals surface area contributed by atoms with Gasteiger partial charge in [-0.25, -0.2) is 14.4 Å². The number of hydrogen-bond donors (Lipinski definition) is 2. The number of halogens is 1. The molecule has 5 nitrogen and oxygen atoms in total. The summed E-state index contributed by atoms with van der Waals surface area (Å²) in [6.07, 6.45) is 2.16. The van der Waals surface area contributed by atoms with Crippen LogP contribution in [0.15, 0.2) is 54.9 Å². The van der Waals surface area contributed by atoms with Crippen LogP contribution in [0, 0.1) is 5.82 Å². The van der Waals surface area contributed by atoms with E-state index in [1.165, 1.54) is 24.0 Å². The standard InChI is InChI=1S/C18H17FN4O/c19-14-6-7-16-15(10-14)18(23-12-22-16)21-11-17(24)20-9-8-13-4-2-1-3-5-13/h1-7,10,12H,8-9,11H2,(H,20,24)(H,21,22,23). The summed E-state index contributed by atoms with van der Waals surface area (Å²) in [4.78, 5) is 20.1. The fourth-order valence-electron chi connectivity index (χ4n) is 2.39. The zero-order chi connectivity index (χ0) is 16.8. The zero-order valence-corrected chi connectivity index (χ0v) is 13.0. The van der Waals surface area contributed by atoms with Crippen LogP contribution in [0.3, 0.4) is 0 Å². The minimum absolute atomic E-state index is 0.0669. The van der Waals surface area contributed by atoms with Crippen molar-refractivity contribution in [2.24, 2.45) is 0 Å². The molecule has 2 aromatic carbocycles. The minimum Gasteiger partial charge on any atom is -0.360 e. The van der Waals surface area contributed by atoms with Gasteiger partial charge in [0.15, 0.2) is 0 Å². The Morgan fingerprint density at radius 1 is 1.08 bits per heavy atom. The van der Waals surface area contributed by atoms with Gasteiger partial charge in [0.1, 0.15) is 18.0 Å². The second-order valence-electron chi connectivity index (χ2n) is 5.32. The molecule has 3 rings (SSSR count). The Kier molecular flexibility index (Phi) is 4.96. The molecule has 122 valence electrons. The molecule has 1 amide bonds. The van der Waals surface area contributed by atoms with Gasteiger partial charge in [0, 0.05) is 11.9 Å². The molecule has 6 heteroatoms. The molecule has 0 radical (unpaired) electrons. The average Bonchev–Trinajstić information content (AvgIpc) is 2.61. The van der Waals surface area contributed by atoms with Crippen molar-refractivity contribution in [1.29, 1.82) is 0 Å². The van der Waals surface area contributed by atoms with Crippen molar-refractivity contribution >= 4 is 22.6 Å². The number of nitrogens with zero attached hydrogens (tertiary/aromatic N) is 2. The molecule has 1 aromatic heterocycles. The first kappa shape index (κ1) is 15.9. The van der Waals surface area contributed by atoms with E-state index in [9.17, 15) is 9.18 Å². The summed E-state index contributed by atoms with van der Waals surface area (Å²) in [5, 5.41) is 6.33. The number of rotatable bonds is 6. The van der Waals surface area contributed by atoms with Gasteiger partial charge in [0.25, 0.3) is 0 Å². The molecule has 2 N–H and O–H groups in total. The van der Waals surface area contributed by atoms with Crippen LogP contribution in [-0.4, -0.2) is 29.0 Å². The highest BCUT2D eigenvalue weighted by molar-refractivity contribution is 5.90. The fourth-order valence-corrected chi connectivity index (χ4v) is 2.39. The van der Waals surface area contributed by atoms with Crippen LogP contribution < -0.4 is 10.6 Å². The van der Waals surface area contributed by atoms with Crippen LogP contribution in [-0.2, 0) is 11.2 Å². The third-order valence-electron chi connectivity index (χ3n) is 3.59. The molecule has 24 heavy (non-hydrogen) atoms. The second kappa shape index (κ2) is 7.50. The summed E-state index contributed by atoms with van der Waals surface area (Å²) in [5.41, 5.74) is 1.79. The van der Waals surface area contributed by atoms with Crippen LogP contribution in [0.2, 0.25) is 0 Å². The van der Waals surface area contributed by atoms with Crippen LogP contribution >= 0.6 is 0 Å². The minimum atomic E-state index is -0.368. The van der Waals surface area contributed by atoms with Gasteiger partial charge in [0.05, 0.1) is 12.1 Å². The molecular weight excluding hydrogens is 307 g/mol. The lowest BCUT2D eigenvalue weighted by molar-refractivity contribution is -0.119. The van der Waals surface area contributed by atoms with E-state index in [1.807, 2.05) is 30.3 Å². The monoisotopic (exact) mass is 324 g/mol. The van der Waals surface area contributed by atoms with E-state index < -0.39 is 0 Å². The zero-order valence-electron chi connectivity index (χ0n) is 13.0. The molecule has 0 spiro atoms. The highest BCUT2D eigenvalue weighted by Gasteiger charge is 2.07. The summed E-state index contributed by atoms with van der Waals surface area (Å²) >= 11 is 0. The number of aromatic nitrogens is 2. The molecule has 0 saturated carbocycles. The lowest BCUT2D eigenvalue weighted by Gasteiger charge is -2.09. The van der Waals surface area contributed by atoms with Crippen molar-refractivity contribution in [2.45, 2.75) is 6.42 Å². The van der Waals surface area contributed by atoms with Crippen molar-refractivity contribution in [3.05, 3.63) is 66.2 Å². The Morgan fingerprint density at radius 2 is 1.92 bits per heavy atom. The summed E-state index contributed by atoms with van der Waals surface area (Å²) < 4.78 is 13.4. The van der Waals surface area contributed by atoms with E-state index in [0.717, 1.165) is 6.42 Å². The van der Waals surface area contributed by atoms with E-state index in [-0.39, 0.29) is 18.3 Å². The third kappa shape index (κ3) is 4.04. The predicted octanol–water partition coefficient (Wildman–Crippen LogP) is 2.54. The first-order valence-electron chi connectivity index (χ1n) is 7.67. The van der Waals surface area contributed by atoms with E-state index in [1.54, 1.807) is 6.07 Å². The topological polar surface area (TPSA) is 66.9 Å². The van der Waals surface area contributed by atoms with Crippen LogP contribution in [0.1, 0.15) is 5.56 Å². The summed E-state index contributed by atoms with van der Waals surface area (Å²) in [7, 11) is 0. The molecular formula is C18H17FN4O. The molecule has 0 aliphatic rings. The number of amides is 1. The predicted molar refractivity (Wildman–Crippen MR) is 91.1 cm³/mol. The van der Waals surface area contributed by atoms with Gasteiger partial charge in [-0.05, 0) is 30.2 Å². The number of nitrogens with one attached hydrogen (secondary N) is 2. The Balaban J connectivity index is 1.54. The quantitative estimate of drug-likeness (QED) is 0.731. The van der Waals surface area contributed by atoms with Crippen molar-refractivity contribution in [3.8, 4) is 0 Å². The van der Waals surface area contributed by atoms with Gasteiger partial charge in [-0.1, -0.05) is 30.3 Å². The van der Waals surface area contributed by atoms with Crippen LogP contribution in [0.4, 0.5) is 10.2 Å². The molecule has 3 aromatic rings. The maximum atomic E-state index is 13.4. The molecule has 0 bridgehead atoms. The van der Waals surface area contributed by atoms with Gasteiger partial charge >= 0.3 is 0 Å². The maximum Gasteiger partial charge on any atom is 0.239 e. The Labute approximate surface area is 138 Å². The Morgan fingerprint density at radius 3 is 2.75 bits per heavy atom. The van der Waals surface area contributed by atoms with E-state index in [4.69, 9.17) is 0 Å². The molecule has 0 saturated heterocycles. The largest absolute Gasteiger partial charge is 0.360 e. The van der Waals surface area contributed by atoms with Crippen molar-refractivity contribution in [1.82, 2.24) is 15.3 Å². The highest BCUT2D eigenvalue weighted by atomic mass is 19.1. The maximum absolute atomic E-state index is 13.4. The van der Waals surface area contributed by atoms with E-state index in [0.29, 0.717) is 23.3 Å². The summed E-state index contributed by atoms with van der Waals surface area (Å²) in [6, 6.07) is 14.2. The normalized spacial score (nSPS) is 10.5. The van der Waals surface area contributed by atoms with Gasteiger partial charge in [-0.2, -0.15) is 0 Å². The number of anilines is 1.